The molecule has 0 aromatic rings. The number of sulfone groups is 1. The van der Waals surface area contributed by atoms with E-state index in [0.717, 1.165) is 32.5 Å². The molecule has 24 heavy (non-hydrogen) atoms. The van der Waals surface area contributed by atoms with E-state index in [1.54, 1.807) is 0 Å². The fourth-order valence-electron chi connectivity index (χ4n) is 3.95. The quantitative estimate of drug-likeness (QED) is 0.635. The van der Waals surface area contributed by atoms with Crippen molar-refractivity contribution in [1.82, 2.24) is 9.21 Å². The molecule has 0 aliphatic carbocycles. The molecule has 2 saturated heterocycles. The number of hydrogen-bond donors (Lipinski definition) is 0. The standard InChI is InChI=1S/C16H32N2O4S2/c1-3-8-15-13-18(23(2,19)20)14-16(15)24(21,22)12-7-11-17-9-5-4-6-10-17/h15-16H,3-14H2,1-2H3/t15-,16?/m1/s1. The molecule has 2 aliphatic heterocycles. The summed E-state index contributed by atoms with van der Waals surface area (Å²) < 4.78 is 50.5. The van der Waals surface area contributed by atoms with Crippen LogP contribution in [0.25, 0.3) is 0 Å². The minimum atomic E-state index is -3.32. The minimum absolute atomic E-state index is 0.0651. The van der Waals surface area contributed by atoms with Gasteiger partial charge in [-0.15, -0.1) is 0 Å². The second kappa shape index (κ2) is 8.47. The van der Waals surface area contributed by atoms with Gasteiger partial charge in [-0.2, -0.15) is 0 Å². The van der Waals surface area contributed by atoms with Crippen LogP contribution < -0.4 is 0 Å². The first-order valence-corrected chi connectivity index (χ1v) is 12.7. The molecule has 0 bridgehead atoms. The van der Waals surface area contributed by atoms with Gasteiger partial charge in [0.25, 0.3) is 0 Å². The summed E-state index contributed by atoms with van der Waals surface area (Å²) in [5, 5.41) is -0.534. The number of hydrogen-bond acceptors (Lipinski definition) is 5. The van der Waals surface area contributed by atoms with Gasteiger partial charge in [-0.25, -0.2) is 21.1 Å². The largest absolute Gasteiger partial charge is 0.303 e. The van der Waals surface area contributed by atoms with Crippen molar-refractivity contribution in [3.05, 3.63) is 0 Å². The maximum atomic E-state index is 12.8. The van der Waals surface area contributed by atoms with Crippen LogP contribution >= 0.6 is 0 Å². The van der Waals surface area contributed by atoms with Crippen molar-refractivity contribution < 1.29 is 16.8 Å². The van der Waals surface area contributed by atoms with Gasteiger partial charge in [-0.05, 0) is 51.2 Å². The van der Waals surface area contributed by atoms with E-state index >= 15 is 0 Å². The van der Waals surface area contributed by atoms with E-state index in [4.69, 9.17) is 0 Å². The number of likely N-dealkylation sites (tertiary alicyclic amines) is 1. The molecule has 2 fully saturated rings. The third-order valence-electron chi connectivity index (χ3n) is 5.29. The van der Waals surface area contributed by atoms with Gasteiger partial charge in [0.1, 0.15) is 0 Å². The Morgan fingerprint density at radius 1 is 1.00 bits per heavy atom. The van der Waals surface area contributed by atoms with Crippen molar-refractivity contribution in [2.24, 2.45) is 5.92 Å². The first-order valence-electron chi connectivity index (χ1n) is 9.13. The van der Waals surface area contributed by atoms with Crippen LogP contribution in [0.2, 0.25) is 0 Å². The van der Waals surface area contributed by atoms with Crippen LogP contribution in [0.15, 0.2) is 0 Å². The van der Waals surface area contributed by atoms with Crippen LogP contribution in [0.3, 0.4) is 0 Å². The zero-order valence-corrected chi connectivity index (χ0v) is 16.6. The summed E-state index contributed by atoms with van der Waals surface area (Å²) in [5.41, 5.74) is 0. The smallest absolute Gasteiger partial charge is 0.211 e. The van der Waals surface area contributed by atoms with E-state index in [-0.39, 0.29) is 18.2 Å². The van der Waals surface area contributed by atoms with Crippen molar-refractivity contribution in [3.63, 3.8) is 0 Å². The first-order chi connectivity index (χ1) is 11.2. The van der Waals surface area contributed by atoms with E-state index in [1.165, 1.54) is 29.8 Å². The Kier molecular flexibility index (Phi) is 7.10. The van der Waals surface area contributed by atoms with Gasteiger partial charge in [-0.3, -0.25) is 0 Å². The van der Waals surface area contributed by atoms with Crippen molar-refractivity contribution in [2.45, 2.75) is 50.7 Å². The normalized spacial score (nSPS) is 27.6. The van der Waals surface area contributed by atoms with Crippen molar-refractivity contribution >= 4 is 19.9 Å². The molecule has 2 heterocycles. The molecule has 142 valence electrons. The van der Waals surface area contributed by atoms with Gasteiger partial charge in [0, 0.05) is 13.1 Å². The van der Waals surface area contributed by atoms with Crippen molar-refractivity contribution in [2.75, 3.05) is 44.7 Å². The SMILES string of the molecule is CCC[C@@H]1CN(S(C)(=O)=O)CC1S(=O)(=O)CCCN1CCCCC1. The Morgan fingerprint density at radius 3 is 2.25 bits per heavy atom. The Labute approximate surface area is 147 Å². The third-order valence-corrected chi connectivity index (χ3v) is 8.84. The van der Waals surface area contributed by atoms with Crippen molar-refractivity contribution in [1.29, 1.82) is 0 Å². The number of nitrogens with zero attached hydrogens (tertiary/aromatic N) is 2. The highest BCUT2D eigenvalue weighted by molar-refractivity contribution is 7.92. The number of piperidine rings is 1. The lowest BCUT2D eigenvalue weighted by Gasteiger charge is -2.26. The van der Waals surface area contributed by atoms with Gasteiger partial charge in [-0.1, -0.05) is 19.8 Å². The molecule has 2 atom stereocenters. The lowest BCUT2D eigenvalue weighted by molar-refractivity contribution is 0.229. The van der Waals surface area contributed by atoms with E-state index in [9.17, 15) is 16.8 Å². The molecule has 0 saturated carbocycles. The summed E-state index contributed by atoms with van der Waals surface area (Å²) in [7, 11) is -6.58. The highest BCUT2D eigenvalue weighted by Gasteiger charge is 2.43. The molecule has 0 N–H and O–H groups in total. The van der Waals surface area contributed by atoms with Crippen LogP contribution in [-0.2, 0) is 19.9 Å². The second-order valence-electron chi connectivity index (χ2n) is 7.29. The van der Waals surface area contributed by atoms with Crippen LogP contribution in [0.4, 0.5) is 0 Å². The zero-order chi connectivity index (χ0) is 17.8. The number of sulfonamides is 1. The Bertz CT molecular complexity index is 598. The Morgan fingerprint density at radius 2 is 1.67 bits per heavy atom. The summed E-state index contributed by atoms with van der Waals surface area (Å²) in [4.78, 5) is 2.35. The highest BCUT2D eigenvalue weighted by atomic mass is 32.2. The summed E-state index contributed by atoms with van der Waals surface area (Å²) in [6, 6.07) is 0. The second-order valence-corrected chi connectivity index (χ2v) is 11.6. The van der Waals surface area contributed by atoms with Gasteiger partial charge in [0.2, 0.25) is 10.0 Å². The van der Waals surface area contributed by atoms with E-state index in [1.807, 2.05) is 6.92 Å². The summed E-state index contributed by atoms with van der Waals surface area (Å²) in [6.45, 7) is 5.48. The molecule has 8 heteroatoms. The zero-order valence-electron chi connectivity index (χ0n) is 15.0. The molecular weight excluding hydrogens is 348 g/mol. The average Bonchev–Trinajstić information content (AvgIpc) is 2.94. The molecule has 1 unspecified atom stereocenters. The van der Waals surface area contributed by atoms with Crippen LogP contribution in [0.5, 0.6) is 0 Å². The molecule has 0 aromatic carbocycles. The topological polar surface area (TPSA) is 74.8 Å². The maximum Gasteiger partial charge on any atom is 0.211 e. The van der Waals surface area contributed by atoms with Gasteiger partial charge >= 0.3 is 0 Å². The molecule has 2 aliphatic rings. The summed E-state index contributed by atoms with van der Waals surface area (Å²) in [6.07, 6.45) is 7.15. The summed E-state index contributed by atoms with van der Waals surface area (Å²) in [5.74, 6) is 0.108. The molecule has 0 amide bonds. The molecule has 6 nitrogen and oxygen atoms in total. The van der Waals surface area contributed by atoms with E-state index in [2.05, 4.69) is 4.90 Å². The summed E-state index contributed by atoms with van der Waals surface area (Å²) >= 11 is 0. The highest BCUT2D eigenvalue weighted by Crippen LogP contribution is 2.29. The van der Waals surface area contributed by atoms with Crippen molar-refractivity contribution in [3.8, 4) is 0 Å². The molecule has 0 aromatic heterocycles. The Balaban J connectivity index is 1.94. The fourth-order valence-corrected chi connectivity index (χ4v) is 6.99. The van der Waals surface area contributed by atoms with Crippen LogP contribution in [-0.4, -0.2) is 76.0 Å². The average molecular weight is 381 g/mol. The Hall–Kier alpha value is -0.180. The van der Waals surface area contributed by atoms with Gasteiger partial charge in [0.15, 0.2) is 9.84 Å². The minimum Gasteiger partial charge on any atom is -0.303 e. The first kappa shape index (κ1) is 20.1. The number of rotatable bonds is 8. The van der Waals surface area contributed by atoms with Crippen LogP contribution in [0, 0.1) is 5.92 Å². The predicted octanol–water partition coefficient (Wildman–Crippen LogP) is 1.34. The molecule has 0 spiro atoms. The lowest BCUT2D eigenvalue weighted by atomic mass is 10.0. The molecular formula is C16H32N2O4S2. The monoisotopic (exact) mass is 380 g/mol. The van der Waals surface area contributed by atoms with Gasteiger partial charge in [0.05, 0.1) is 17.3 Å². The van der Waals surface area contributed by atoms with Gasteiger partial charge < -0.3 is 4.90 Å². The fraction of sp³-hybridized carbons (Fsp3) is 1.00. The molecule has 0 radical (unpaired) electrons. The maximum absolute atomic E-state index is 12.8. The molecule has 2 rings (SSSR count). The predicted molar refractivity (Wildman–Crippen MR) is 97.3 cm³/mol. The van der Waals surface area contributed by atoms with E-state index in [0.29, 0.717) is 13.0 Å². The van der Waals surface area contributed by atoms with E-state index < -0.39 is 25.1 Å². The van der Waals surface area contributed by atoms with Crippen LogP contribution in [0.1, 0.15) is 45.4 Å². The third kappa shape index (κ3) is 5.41. The lowest BCUT2D eigenvalue weighted by Crippen LogP contribution is -2.35.